The third-order valence-electron chi connectivity index (χ3n) is 4.94. The highest BCUT2D eigenvalue weighted by Gasteiger charge is 2.42. The Labute approximate surface area is 143 Å². The van der Waals surface area contributed by atoms with Crippen LogP contribution in [0.2, 0.25) is 0 Å². The number of hydrogen-bond donors (Lipinski definition) is 1. The Kier molecular flexibility index (Phi) is 4.56. The van der Waals surface area contributed by atoms with Crippen molar-refractivity contribution in [3.05, 3.63) is 18.0 Å². The molecule has 7 nitrogen and oxygen atoms in total. The summed E-state index contributed by atoms with van der Waals surface area (Å²) in [4.78, 5) is 12.2. The second-order valence-corrected chi connectivity index (χ2v) is 8.26. The lowest BCUT2D eigenvalue weighted by Gasteiger charge is -2.19. The summed E-state index contributed by atoms with van der Waals surface area (Å²) in [7, 11) is -4.01. The summed E-state index contributed by atoms with van der Waals surface area (Å²) >= 11 is 0. The van der Waals surface area contributed by atoms with Crippen molar-refractivity contribution in [1.29, 1.82) is 0 Å². The Hall–Kier alpha value is -1.62. The van der Waals surface area contributed by atoms with Crippen LogP contribution in [0.1, 0.15) is 37.9 Å². The number of halogens is 3. The monoisotopic (exact) mass is 380 g/mol. The number of alkyl halides is 3. The number of amides is 1. The van der Waals surface area contributed by atoms with Crippen LogP contribution in [-0.4, -0.2) is 41.5 Å². The highest BCUT2D eigenvalue weighted by atomic mass is 32.2. The van der Waals surface area contributed by atoms with E-state index in [1.54, 1.807) is 0 Å². The van der Waals surface area contributed by atoms with Crippen molar-refractivity contribution in [1.82, 2.24) is 18.8 Å². The summed E-state index contributed by atoms with van der Waals surface area (Å²) < 4.78 is 66.4. The highest BCUT2D eigenvalue weighted by Crippen LogP contribution is 2.38. The van der Waals surface area contributed by atoms with E-state index in [2.05, 4.69) is 5.10 Å². The van der Waals surface area contributed by atoms with Gasteiger partial charge in [-0.2, -0.15) is 31.0 Å². The summed E-state index contributed by atoms with van der Waals surface area (Å²) in [5.41, 5.74) is -1.14. The third kappa shape index (κ3) is 3.66. The predicted molar refractivity (Wildman–Crippen MR) is 81.4 cm³/mol. The Morgan fingerprint density at radius 2 is 1.92 bits per heavy atom. The van der Waals surface area contributed by atoms with Crippen LogP contribution < -0.4 is 4.72 Å². The summed E-state index contributed by atoms with van der Waals surface area (Å²) in [5.74, 6) is -0.275. The molecule has 0 radical (unpaired) electrons. The van der Waals surface area contributed by atoms with Crippen LogP contribution in [0.3, 0.4) is 0 Å². The molecule has 3 atom stereocenters. The molecule has 1 aromatic heterocycles. The number of rotatable bonds is 4. The number of fused-ring (bicyclic) bond motifs is 1. The smallest absolute Gasteiger partial charge is 0.272 e. The normalized spacial score (nSPS) is 25.8. The third-order valence-corrected chi connectivity index (χ3v) is 6.37. The zero-order valence-corrected chi connectivity index (χ0v) is 14.3. The molecule has 1 N–H and O–H groups in total. The van der Waals surface area contributed by atoms with E-state index in [4.69, 9.17) is 0 Å². The van der Waals surface area contributed by atoms with Gasteiger partial charge in [-0.1, -0.05) is 6.42 Å². The number of nitrogens with zero attached hydrogens (tertiary/aromatic N) is 3. The minimum Gasteiger partial charge on any atom is -0.272 e. The first-order chi connectivity index (χ1) is 11.6. The van der Waals surface area contributed by atoms with E-state index in [-0.39, 0.29) is 0 Å². The molecule has 1 amide bonds. The average molecular weight is 380 g/mol. The lowest BCUT2D eigenvalue weighted by Crippen LogP contribution is -2.45. The molecule has 1 saturated heterocycles. The second kappa shape index (κ2) is 6.27. The van der Waals surface area contributed by atoms with Gasteiger partial charge in [0.1, 0.15) is 6.04 Å². The maximum atomic E-state index is 12.6. The van der Waals surface area contributed by atoms with Gasteiger partial charge in [0.25, 0.3) is 5.91 Å². The van der Waals surface area contributed by atoms with Gasteiger partial charge in [-0.25, -0.2) is 4.72 Å². The summed E-state index contributed by atoms with van der Waals surface area (Å²) in [6.07, 6.45) is -0.572. The zero-order valence-electron chi connectivity index (χ0n) is 13.5. The van der Waals surface area contributed by atoms with Crippen molar-refractivity contribution >= 4 is 16.1 Å². The molecule has 25 heavy (non-hydrogen) atoms. The number of aromatic nitrogens is 2. The molecule has 140 valence electrons. The molecule has 0 spiro atoms. The molecule has 2 aliphatic rings. The molecule has 2 heterocycles. The molecule has 1 aliphatic heterocycles. The minimum absolute atomic E-state index is 0.324. The molecule has 0 bridgehead atoms. The van der Waals surface area contributed by atoms with Gasteiger partial charge in [0.15, 0.2) is 5.69 Å². The lowest BCUT2D eigenvalue weighted by molar-refractivity contribution is -0.142. The van der Waals surface area contributed by atoms with Gasteiger partial charge in [0.2, 0.25) is 0 Å². The number of nitrogens with one attached hydrogen (secondary N) is 1. The Morgan fingerprint density at radius 1 is 1.32 bits per heavy atom. The molecule has 1 aliphatic carbocycles. The van der Waals surface area contributed by atoms with E-state index in [1.807, 2.05) is 4.72 Å². The van der Waals surface area contributed by atoms with E-state index in [1.165, 1.54) is 11.2 Å². The molecule has 3 rings (SSSR count). The van der Waals surface area contributed by atoms with Gasteiger partial charge in [0, 0.05) is 19.3 Å². The Balaban J connectivity index is 1.65. The molecule has 1 aromatic rings. The molecule has 1 unspecified atom stereocenters. The molecular formula is C14H19F3N4O3S. The molecule has 2 fully saturated rings. The van der Waals surface area contributed by atoms with Crippen molar-refractivity contribution in [2.75, 3.05) is 13.1 Å². The van der Waals surface area contributed by atoms with Gasteiger partial charge < -0.3 is 0 Å². The number of hydrogen-bond acceptors (Lipinski definition) is 4. The lowest BCUT2D eigenvalue weighted by atomic mass is 10.0. The Morgan fingerprint density at radius 3 is 2.44 bits per heavy atom. The first kappa shape index (κ1) is 18.2. The van der Waals surface area contributed by atoms with Crippen LogP contribution in [0.5, 0.6) is 0 Å². The maximum Gasteiger partial charge on any atom is 0.435 e. The highest BCUT2D eigenvalue weighted by molar-refractivity contribution is 7.87. The zero-order chi connectivity index (χ0) is 18.4. The van der Waals surface area contributed by atoms with E-state index in [0.29, 0.717) is 24.9 Å². The summed E-state index contributed by atoms with van der Waals surface area (Å²) in [6.45, 7) is 2.04. The van der Waals surface area contributed by atoms with E-state index in [0.717, 1.165) is 36.2 Å². The molecular weight excluding hydrogens is 361 g/mol. The van der Waals surface area contributed by atoms with Gasteiger partial charge in [-0.3, -0.25) is 9.48 Å². The van der Waals surface area contributed by atoms with Gasteiger partial charge >= 0.3 is 16.4 Å². The van der Waals surface area contributed by atoms with Crippen LogP contribution in [0.4, 0.5) is 13.2 Å². The predicted octanol–water partition coefficient (Wildman–Crippen LogP) is 1.56. The quantitative estimate of drug-likeness (QED) is 0.859. The number of carbonyl (C=O) groups excluding carboxylic acids is 1. The van der Waals surface area contributed by atoms with Crippen molar-refractivity contribution in [2.24, 2.45) is 11.8 Å². The van der Waals surface area contributed by atoms with Gasteiger partial charge in [-0.05, 0) is 37.7 Å². The molecule has 1 saturated carbocycles. The average Bonchev–Trinajstić information content (AvgIpc) is 3.20. The van der Waals surface area contributed by atoms with Crippen LogP contribution in [0, 0.1) is 11.8 Å². The van der Waals surface area contributed by atoms with E-state index < -0.39 is 34.0 Å². The van der Waals surface area contributed by atoms with Gasteiger partial charge in [0.05, 0.1) is 0 Å². The van der Waals surface area contributed by atoms with E-state index in [9.17, 15) is 26.4 Å². The maximum absolute atomic E-state index is 12.6. The van der Waals surface area contributed by atoms with Crippen LogP contribution in [0.15, 0.2) is 12.3 Å². The topological polar surface area (TPSA) is 84.3 Å². The minimum atomic E-state index is -4.62. The van der Waals surface area contributed by atoms with Crippen molar-refractivity contribution in [3.8, 4) is 0 Å². The molecule has 11 heteroatoms. The fourth-order valence-electron chi connectivity index (χ4n) is 3.49. The fourth-order valence-corrected chi connectivity index (χ4v) is 4.82. The SMILES string of the molecule is CC(C(=O)NS(=O)(=O)N1C[C@H]2CCC[C@H]2C1)n1ccc(C(F)(F)F)n1. The van der Waals surface area contributed by atoms with Gasteiger partial charge in [-0.15, -0.1) is 0 Å². The number of carbonyl (C=O) groups is 1. The largest absolute Gasteiger partial charge is 0.435 e. The summed E-state index contributed by atoms with van der Waals surface area (Å²) in [6, 6.07) is -0.451. The first-order valence-electron chi connectivity index (χ1n) is 8.02. The summed E-state index contributed by atoms with van der Waals surface area (Å²) in [5, 5.41) is 3.30. The second-order valence-electron chi connectivity index (χ2n) is 6.59. The van der Waals surface area contributed by atoms with Crippen LogP contribution in [0.25, 0.3) is 0 Å². The van der Waals surface area contributed by atoms with Crippen molar-refractivity contribution in [3.63, 3.8) is 0 Å². The van der Waals surface area contributed by atoms with Crippen LogP contribution in [-0.2, 0) is 21.2 Å². The van der Waals surface area contributed by atoms with Crippen LogP contribution >= 0.6 is 0 Å². The standard InChI is InChI=1S/C14H19F3N4O3S/c1-9(21-6-5-12(18-21)14(15,16)17)13(22)19-25(23,24)20-7-10-3-2-4-11(10)8-20/h5-6,9-11H,2-4,7-8H2,1H3,(H,19,22)/t9?,10-,11+. The molecule has 0 aromatic carbocycles. The first-order valence-corrected chi connectivity index (χ1v) is 9.46. The Bertz CT molecular complexity index is 750. The van der Waals surface area contributed by atoms with Crippen molar-refractivity contribution < 1.29 is 26.4 Å². The fraction of sp³-hybridized carbons (Fsp3) is 0.714. The van der Waals surface area contributed by atoms with E-state index >= 15 is 0 Å². The van der Waals surface area contributed by atoms with Crippen molar-refractivity contribution in [2.45, 2.75) is 38.4 Å².